The van der Waals surface area contributed by atoms with Gasteiger partial charge in [-0.2, -0.15) is 0 Å². The SMILES string of the molecule is Cn1c(=O)c(-c2nc3cc(N4CCOCC4)ccc3[nH]2)c(N)c2ccccc21. The fourth-order valence-corrected chi connectivity index (χ4v) is 3.88. The van der Waals surface area contributed by atoms with Crippen LogP contribution < -0.4 is 16.2 Å². The van der Waals surface area contributed by atoms with Crippen molar-refractivity contribution in [2.75, 3.05) is 36.9 Å². The third kappa shape index (κ3) is 2.55. The number of fused-ring (bicyclic) bond motifs is 2. The van der Waals surface area contributed by atoms with Gasteiger partial charge in [-0.1, -0.05) is 18.2 Å². The molecular weight excluding hydrogens is 354 g/mol. The summed E-state index contributed by atoms with van der Waals surface area (Å²) in [4.78, 5) is 23.2. The van der Waals surface area contributed by atoms with Gasteiger partial charge in [0.1, 0.15) is 11.4 Å². The molecule has 0 radical (unpaired) electrons. The summed E-state index contributed by atoms with van der Waals surface area (Å²) < 4.78 is 7.05. The molecule has 3 heterocycles. The number of aromatic amines is 1. The maximum absolute atomic E-state index is 13.0. The van der Waals surface area contributed by atoms with E-state index in [0.29, 0.717) is 17.1 Å². The summed E-state index contributed by atoms with van der Waals surface area (Å²) >= 11 is 0. The number of pyridine rings is 1. The molecule has 0 bridgehead atoms. The molecule has 0 amide bonds. The quantitative estimate of drug-likeness (QED) is 0.562. The van der Waals surface area contributed by atoms with Gasteiger partial charge in [0.05, 0.1) is 35.5 Å². The Morgan fingerprint density at radius 2 is 1.93 bits per heavy atom. The number of benzene rings is 2. The number of nitrogens with two attached hydrogens (primary N) is 1. The van der Waals surface area contributed by atoms with E-state index in [1.165, 1.54) is 0 Å². The lowest BCUT2D eigenvalue weighted by Crippen LogP contribution is -2.36. The van der Waals surface area contributed by atoms with E-state index in [1.807, 2.05) is 36.4 Å². The first-order valence-electron chi connectivity index (χ1n) is 9.33. The van der Waals surface area contributed by atoms with Crippen molar-refractivity contribution in [3.63, 3.8) is 0 Å². The first-order valence-corrected chi connectivity index (χ1v) is 9.33. The monoisotopic (exact) mass is 375 g/mol. The Morgan fingerprint density at radius 3 is 2.75 bits per heavy atom. The van der Waals surface area contributed by atoms with Crippen molar-refractivity contribution >= 4 is 33.3 Å². The summed E-state index contributed by atoms with van der Waals surface area (Å²) in [5.41, 5.74) is 10.7. The Balaban J connectivity index is 1.66. The van der Waals surface area contributed by atoms with Crippen molar-refractivity contribution < 1.29 is 4.74 Å². The lowest BCUT2D eigenvalue weighted by atomic mass is 10.1. The van der Waals surface area contributed by atoms with Crippen molar-refractivity contribution in [1.82, 2.24) is 14.5 Å². The fraction of sp³-hybridized carbons (Fsp3) is 0.238. The Morgan fingerprint density at radius 1 is 1.14 bits per heavy atom. The molecule has 5 rings (SSSR count). The van der Waals surface area contributed by atoms with Gasteiger partial charge < -0.3 is 24.9 Å². The van der Waals surface area contributed by atoms with Crippen LogP contribution >= 0.6 is 0 Å². The average molecular weight is 375 g/mol. The molecule has 0 spiro atoms. The lowest BCUT2D eigenvalue weighted by Gasteiger charge is -2.28. The topological polar surface area (TPSA) is 89.2 Å². The molecular formula is C21H21N5O2. The highest BCUT2D eigenvalue weighted by Crippen LogP contribution is 2.30. The third-order valence-corrected chi connectivity index (χ3v) is 5.42. The Bertz CT molecular complexity index is 1250. The summed E-state index contributed by atoms with van der Waals surface area (Å²) in [7, 11) is 1.76. The van der Waals surface area contributed by atoms with Gasteiger partial charge in [0.25, 0.3) is 5.56 Å². The number of imidazole rings is 1. The molecule has 1 saturated heterocycles. The van der Waals surface area contributed by atoms with Crippen molar-refractivity contribution in [2.45, 2.75) is 0 Å². The number of hydrogen-bond acceptors (Lipinski definition) is 5. The largest absolute Gasteiger partial charge is 0.397 e. The van der Waals surface area contributed by atoms with E-state index < -0.39 is 0 Å². The van der Waals surface area contributed by atoms with Gasteiger partial charge in [0.2, 0.25) is 0 Å². The summed E-state index contributed by atoms with van der Waals surface area (Å²) in [5, 5.41) is 0.842. The van der Waals surface area contributed by atoms with Crippen molar-refractivity contribution in [3.05, 3.63) is 52.8 Å². The summed E-state index contributed by atoms with van der Waals surface area (Å²) in [5.74, 6) is 0.498. The zero-order valence-corrected chi connectivity index (χ0v) is 15.6. The van der Waals surface area contributed by atoms with Crippen LogP contribution in [-0.2, 0) is 11.8 Å². The van der Waals surface area contributed by atoms with Crippen LogP contribution in [0.3, 0.4) is 0 Å². The highest BCUT2D eigenvalue weighted by molar-refractivity contribution is 5.98. The van der Waals surface area contributed by atoms with Gasteiger partial charge in [-0.3, -0.25) is 4.79 Å². The molecule has 28 heavy (non-hydrogen) atoms. The first-order chi connectivity index (χ1) is 13.6. The van der Waals surface area contributed by atoms with E-state index in [4.69, 9.17) is 15.5 Å². The van der Waals surface area contributed by atoms with Gasteiger partial charge >= 0.3 is 0 Å². The molecule has 0 saturated carbocycles. The van der Waals surface area contributed by atoms with Crippen LogP contribution in [0.1, 0.15) is 0 Å². The zero-order chi connectivity index (χ0) is 19.3. The van der Waals surface area contributed by atoms with Gasteiger partial charge in [-0.05, 0) is 24.3 Å². The summed E-state index contributed by atoms with van der Waals surface area (Å²) in [6.45, 7) is 3.18. The molecule has 1 aliphatic heterocycles. The van der Waals surface area contributed by atoms with Crippen molar-refractivity contribution in [3.8, 4) is 11.4 Å². The highest BCUT2D eigenvalue weighted by Gasteiger charge is 2.18. The molecule has 1 aliphatic rings. The number of aryl methyl sites for hydroxylation is 1. The summed E-state index contributed by atoms with van der Waals surface area (Å²) in [6, 6.07) is 13.7. The van der Waals surface area contributed by atoms with Crippen LogP contribution in [0.2, 0.25) is 0 Å². The van der Waals surface area contributed by atoms with Crippen molar-refractivity contribution in [1.29, 1.82) is 0 Å². The fourth-order valence-electron chi connectivity index (χ4n) is 3.88. The molecule has 7 nitrogen and oxygen atoms in total. The van der Waals surface area contributed by atoms with Crippen LogP contribution in [0.15, 0.2) is 47.3 Å². The van der Waals surface area contributed by atoms with E-state index in [2.05, 4.69) is 16.0 Å². The molecule has 7 heteroatoms. The van der Waals surface area contributed by atoms with Gasteiger partial charge in [-0.15, -0.1) is 0 Å². The normalized spacial score (nSPS) is 14.8. The maximum atomic E-state index is 13.0. The van der Waals surface area contributed by atoms with Crippen LogP contribution in [0.25, 0.3) is 33.3 Å². The molecule has 4 aromatic rings. The minimum absolute atomic E-state index is 0.163. The molecule has 0 atom stereocenters. The van der Waals surface area contributed by atoms with Crippen LogP contribution in [0.4, 0.5) is 11.4 Å². The smallest absolute Gasteiger partial charge is 0.263 e. The number of morpholine rings is 1. The number of anilines is 2. The van der Waals surface area contributed by atoms with E-state index in [9.17, 15) is 4.79 Å². The van der Waals surface area contributed by atoms with E-state index in [1.54, 1.807) is 11.6 Å². The molecule has 3 N–H and O–H groups in total. The molecule has 1 fully saturated rings. The Hall–Kier alpha value is -3.32. The Kier molecular flexibility index (Phi) is 3.84. The zero-order valence-electron chi connectivity index (χ0n) is 15.6. The Labute approximate surface area is 161 Å². The predicted octanol–water partition coefficient (Wildman–Crippen LogP) is 2.50. The minimum atomic E-state index is -0.163. The minimum Gasteiger partial charge on any atom is -0.397 e. The molecule has 0 aliphatic carbocycles. The molecule has 142 valence electrons. The van der Waals surface area contributed by atoms with E-state index >= 15 is 0 Å². The number of hydrogen-bond donors (Lipinski definition) is 2. The first kappa shape index (κ1) is 16.8. The van der Waals surface area contributed by atoms with Gasteiger partial charge in [0.15, 0.2) is 0 Å². The van der Waals surface area contributed by atoms with Crippen molar-refractivity contribution in [2.24, 2.45) is 7.05 Å². The van der Waals surface area contributed by atoms with E-state index in [0.717, 1.165) is 53.9 Å². The number of aromatic nitrogens is 3. The number of nitrogens with zero attached hydrogens (tertiary/aromatic N) is 3. The summed E-state index contributed by atoms with van der Waals surface area (Å²) in [6.07, 6.45) is 0. The molecule has 2 aromatic heterocycles. The highest BCUT2D eigenvalue weighted by atomic mass is 16.5. The second-order valence-electron chi connectivity index (χ2n) is 7.06. The second kappa shape index (κ2) is 6.38. The van der Waals surface area contributed by atoms with Gasteiger partial charge in [-0.25, -0.2) is 4.98 Å². The average Bonchev–Trinajstić information content (AvgIpc) is 3.15. The lowest BCUT2D eigenvalue weighted by molar-refractivity contribution is 0.122. The molecule has 2 aromatic carbocycles. The molecule has 0 unspecified atom stereocenters. The second-order valence-corrected chi connectivity index (χ2v) is 7.06. The van der Waals surface area contributed by atoms with Crippen LogP contribution in [0, 0.1) is 0 Å². The third-order valence-electron chi connectivity index (χ3n) is 5.42. The number of para-hydroxylation sites is 1. The predicted molar refractivity (Wildman–Crippen MR) is 112 cm³/mol. The van der Waals surface area contributed by atoms with Crippen LogP contribution in [0.5, 0.6) is 0 Å². The number of rotatable bonds is 2. The van der Waals surface area contributed by atoms with Crippen LogP contribution in [-0.4, -0.2) is 40.8 Å². The number of ether oxygens (including phenoxy) is 1. The number of nitrogens with one attached hydrogen (secondary N) is 1. The number of H-pyrrole nitrogens is 1. The standard InChI is InChI=1S/C21H21N5O2/c1-25-17-5-3-2-4-14(17)19(22)18(21(25)27)20-23-15-7-6-13(12-16(15)24-20)26-8-10-28-11-9-26/h2-7,12H,8-11,22H2,1H3,(H,23,24). The van der Waals surface area contributed by atoms with E-state index in [-0.39, 0.29) is 5.56 Å². The van der Waals surface area contributed by atoms with Gasteiger partial charge in [0, 0.05) is 31.2 Å². The number of nitrogen functional groups attached to an aromatic ring is 1. The maximum Gasteiger partial charge on any atom is 0.263 e.